The van der Waals surface area contributed by atoms with Gasteiger partial charge in [0.1, 0.15) is 11.6 Å². The molecule has 0 saturated carbocycles. The van der Waals surface area contributed by atoms with Crippen molar-refractivity contribution in [3.05, 3.63) is 35.7 Å². The first-order chi connectivity index (χ1) is 12.2. The lowest BCUT2D eigenvalue weighted by atomic mass is 10.3. The monoisotopic (exact) mass is 347 g/mol. The molecular weight excluding hydrogens is 322 g/mol. The Balaban J connectivity index is 1.57. The SMILES string of the molecule is COCCn1ccnc1CN1CCCN(C(=O)c2cc(C)on2)CC1. The van der Waals surface area contributed by atoms with Gasteiger partial charge in [-0.15, -0.1) is 0 Å². The third-order valence-corrected chi connectivity index (χ3v) is 4.43. The van der Waals surface area contributed by atoms with Gasteiger partial charge in [-0.1, -0.05) is 5.16 Å². The van der Waals surface area contributed by atoms with Crippen LogP contribution in [0.5, 0.6) is 0 Å². The van der Waals surface area contributed by atoms with E-state index in [4.69, 9.17) is 9.26 Å². The minimum atomic E-state index is -0.0553. The second-order valence-corrected chi connectivity index (χ2v) is 6.27. The smallest absolute Gasteiger partial charge is 0.276 e. The van der Waals surface area contributed by atoms with Gasteiger partial charge in [-0.3, -0.25) is 9.69 Å². The number of nitrogens with zero attached hydrogens (tertiary/aromatic N) is 5. The fourth-order valence-corrected chi connectivity index (χ4v) is 3.05. The van der Waals surface area contributed by atoms with Crippen molar-refractivity contribution < 1.29 is 14.1 Å². The molecule has 2 aromatic heterocycles. The number of amides is 1. The zero-order chi connectivity index (χ0) is 17.6. The summed E-state index contributed by atoms with van der Waals surface area (Å²) in [6.45, 7) is 7.22. The molecule has 8 heteroatoms. The molecule has 0 bridgehead atoms. The Morgan fingerprint density at radius 3 is 2.96 bits per heavy atom. The molecule has 1 saturated heterocycles. The average Bonchev–Trinajstić information content (AvgIpc) is 3.16. The molecular formula is C17H25N5O3. The van der Waals surface area contributed by atoms with Crippen molar-refractivity contribution in [2.45, 2.75) is 26.4 Å². The van der Waals surface area contributed by atoms with Crippen LogP contribution in [0.3, 0.4) is 0 Å². The molecule has 0 aliphatic carbocycles. The van der Waals surface area contributed by atoms with Crippen LogP contribution < -0.4 is 0 Å². The van der Waals surface area contributed by atoms with Crippen LogP contribution in [0, 0.1) is 6.92 Å². The molecule has 0 atom stereocenters. The number of rotatable bonds is 6. The molecule has 25 heavy (non-hydrogen) atoms. The fourth-order valence-electron chi connectivity index (χ4n) is 3.05. The van der Waals surface area contributed by atoms with E-state index in [9.17, 15) is 4.79 Å². The van der Waals surface area contributed by atoms with E-state index in [2.05, 4.69) is 19.6 Å². The average molecular weight is 347 g/mol. The Morgan fingerprint density at radius 2 is 2.20 bits per heavy atom. The molecule has 8 nitrogen and oxygen atoms in total. The van der Waals surface area contributed by atoms with Crippen LogP contribution >= 0.6 is 0 Å². The summed E-state index contributed by atoms with van der Waals surface area (Å²) in [5, 5.41) is 3.84. The molecule has 1 aliphatic rings. The number of aryl methyl sites for hydroxylation is 1. The first-order valence-electron chi connectivity index (χ1n) is 8.61. The predicted octanol–water partition coefficient (Wildman–Crippen LogP) is 1.17. The summed E-state index contributed by atoms with van der Waals surface area (Å²) in [5.41, 5.74) is 0.390. The van der Waals surface area contributed by atoms with Gasteiger partial charge in [0, 0.05) is 58.3 Å². The Labute approximate surface area is 147 Å². The lowest BCUT2D eigenvalue weighted by Crippen LogP contribution is -2.35. The van der Waals surface area contributed by atoms with Gasteiger partial charge in [-0.25, -0.2) is 4.98 Å². The quantitative estimate of drug-likeness (QED) is 0.781. The van der Waals surface area contributed by atoms with Crippen molar-refractivity contribution in [3.63, 3.8) is 0 Å². The van der Waals surface area contributed by atoms with Crippen molar-refractivity contribution >= 4 is 5.91 Å². The lowest BCUT2D eigenvalue weighted by molar-refractivity contribution is 0.0750. The van der Waals surface area contributed by atoms with Gasteiger partial charge < -0.3 is 18.7 Å². The van der Waals surface area contributed by atoms with E-state index in [0.29, 0.717) is 24.6 Å². The van der Waals surface area contributed by atoms with E-state index in [0.717, 1.165) is 45.0 Å². The highest BCUT2D eigenvalue weighted by atomic mass is 16.5. The van der Waals surface area contributed by atoms with E-state index in [1.54, 1.807) is 20.1 Å². The van der Waals surface area contributed by atoms with Gasteiger partial charge in [0.2, 0.25) is 0 Å². The van der Waals surface area contributed by atoms with E-state index >= 15 is 0 Å². The molecule has 0 spiro atoms. The second kappa shape index (κ2) is 8.26. The first kappa shape index (κ1) is 17.6. The zero-order valence-electron chi connectivity index (χ0n) is 14.8. The fraction of sp³-hybridized carbons (Fsp3) is 0.588. The Hall–Kier alpha value is -2.19. The van der Waals surface area contributed by atoms with Crippen LogP contribution in [0.15, 0.2) is 23.0 Å². The maximum atomic E-state index is 12.5. The van der Waals surface area contributed by atoms with Crippen molar-refractivity contribution in [1.82, 2.24) is 24.5 Å². The molecule has 136 valence electrons. The Kier molecular flexibility index (Phi) is 5.83. The van der Waals surface area contributed by atoms with Gasteiger partial charge in [0.15, 0.2) is 5.69 Å². The van der Waals surface area contributed by atoms with Crippen molar-refractivity contribution in [1.29, 1.82) is 0 Å². The van der Waals surface area contributed by atoms with E-state index in [1.165, 1.54) is 0 Å². The summed E-state index contributed by atoms with van der Waals surface area (Å²) in [6, 6.07) is 1.69. The number of methoxy groups -OCH3 is 1. The minimum absolute atomic E-state index is 0.0553. The van der Waals surface area contributed by atoms with Crippen LogP contribution in [-0.2, 0) is 17.8 Å². The minimum Gasteiger partial charge on any atom is -0.383 e. The summed E-state index contributed by atoms with van der Waals surface area (Å²) in [7, 11) is 1.70. The second-order valence-electron chi connectivity index (χ2n) is 6.27. The number of aromatic nitrogens is 3. The largest absolute Gasteiger partial charge is 0.383 e. The van der Waals surface area contributed by atoms with E-state index < -0.39 is 0 Å². The number of ether oxygens (including phenoxy) is 1. The number of hydrogen-bond acceptors (Lipinski definition) is 6. The molecule has 1 amide bonds. The third-order valence-electron chi connectivity index (χ3n) is 4.43. The Morgan fingerprint density at radius 1 is 1.32 bits per heavy atom. The maximum Gasteiger partial charge on any atom is 0.276 e. The molecule has 0 unspecified atom stereocenters. The molecule has 2 aromatic rings. The van der Waals surface area contributed by atoms with Crippen LogP contribution in [-0.4, -0.2) is 70.3 Å². The van der Waals surface area contributed by atoms with Crippen LogP contribution in [0.25, 0.3) is 0 Å². The lowest BCUT2D eigenvalue weighted by Gasteiger charge is -2.21. The van der Waals surface area contributed by atoms with Crippen molar-refractivity contribution in [2.24, 2.45) is 0 Å². The predicted molar refractivity (Wildman–Crippen MR) is 91.1 cm³/mol. The van der Waals surface area contributed by atoms with E-state index in [-0.39, 0.29) is 5.91 Å². The summed E-state index contributed by atoms with van der Waals surface area (Å²) < 4.78 is 12.3. The standard InChI is InChI=1S/C17H25N5O3/c1-14-12-15(19-25-14)17(23)22-6-3-5-20(8-9-22)13-16-18-4-7-21(16)10-11-24-2/h4,7,12H,3,5-6,8-11,13H2,1-2H3. The topological polar surface area (TPSA) is 76.6 Å². The highest BCUT2D eigenvalue weighted by Gasteiger charge is 2.23. The molecule has 0 N–H and O–H groups in total. The number of imidazole rings is 1. The molecule has 3 heterocycles. The highest BCUT2D eigenvalue weighted by molar-refractivity contribution is 5.92. The third kappa shape index (κ3) is 4.46. The summed E-state index contributed by atoms with van der Waals surface area (Å²) in [5.74, 6) is 1.63. The summed E-state index contributed by atoms with van der Waals surface area (Å²) in [6.07, 6.45) is 4.74. The number of carbonyl (C=O) groups is 1. The molecule has 3 rings (SSSR count). The van der Waals surface area contributed by atoms with Gasteiger partial charge >= 0.3 is 0 Å². The molecule has 0 aromatic carbocycles. The van der Waals surface area contributed by atoms with Crippen LogP contribution in [0.1, 0.15) is 28.5 Å². The molecule has 1 aliphatic heterocycles. The van der Waals surface area contributed by atoms with Crippen LogP contribution in [0.2, 0.25) is 0 Å². The number of hydrogen-bond donors (Lipinski definition) is 0. The van der Waals surface area contributed by atoms with Gasteiger partial charge in [0.25, 0.3) is 5.91 Å². The molecule has 0 radical (unpaired) electrons. The maximum absolute atomic E-state index is 12.5. The van der Waals surface area contributed by atoms with Gasteiger partial charge in [-0.05, 0) is 13.3 Å². The first-order valence-corrected chi connectivity index (χ1v) is 8.61. The van der Waals surface area contributed by atoms with Gasteiger partial charge in [-0.2, -0.15) is 0 Å². The normalized spacial score (nSPS) is 16.2. The number of carbonyl (C=O) groups excluding carboxylic acids is 1. The Bertz CT molecular complexity index is 696. The van der Waals surface area contributed by atoms with E-state index in [1.807, 2.05) is 17.3 Å². The van der Waals surface area contributed by atoms with Crippen molar-refractivity contribution in [2.75, 3.05) is 39.9 Å². The molecule has 1 fully saturated rings. The zero-order valence-corrected chi connectivity index (χ0v) is 14.8. The summed E-state index contributed by atoms with van der Waals surface area (Å²) >= 11 is 0. The van der Waals surface area contributed by atoms with Gasteiger partial charge in [0.05, 0.1) is 13.2 Å². The van der Waals surface area contributed by atoms with Crippen LogP contribution in [0.4, 0.5) is 0 Å². The van der Waals surface area contributed by atoms with Crippen molar-refractivity contribution in [3.8, 4) is 0 Å². The highest BCUT2D eigenvalue weighted by Crippen LogP contribution is 2.12. The summed E-state index contributed by atoms with van der Waals surface area (Å²) in [4.78, 5) is 21.2.